The second-order valence-corrected chi connectivity index (χ2v) is 23.2. The maximum atomic E-state index is 13.5. The number of ether oxygens (including phenoxy) is 3. The van der Waals surface area contributed by atoms with Crippen LogP contribution in [0.4, 0.5) is 0 Å². The molecule has 1 aliphatic rings. The van der Waals surface area contributed by atoms with Gasteiger partial charge in [-0.25, -0.2) is 0 Å². The Hall–Kier alpha value is -2.90. The van der Waals surface area contributed by atoms with E-state index in [9.17, 15) is 35.1 Å². The molecule has 0 radical (unpaired) electrons. The second-order valence-electron chi connectivity index (χ2n) is 23.2. The highest BCUT2D eigenvalue weighted by molar-refractivity contribution is 5.80. The molecule has 11 heteroatoms. The Balaban J connectivity index is 2.61. The van der Waals surface area contributed by atoms with Gasteiger partial charge in [0.25, 0.3) is 0 Å². The van der Waals surface area contributed by atoms with Crippen LogP contribution in [-0.2, 0) is 23.8 Å². The summed E-state index contributed by atoms with van der Waals surface area (Å²) >= 11 is 0. The van der Waals surface area contributed by atoms with Gasteiger partial charge in [-0.3, -0.25) is 9.59 Å². The second kappa shape index (κ2) is 57.5. The number of aliphatic hydroxyl groups is 5. The number of allylic oxidation sites excluding steroid dienone is 11. The first-order valence-corrected chi connectivity index (χ1v) is 33.7. The number of aliphatic hydroxyl groups excluding tert-OH is 5. The fourth-order valence-corrected chi connectivity index (χ4v) is 10.2. The fraction of sp³-hybridized carbons (Fsp3) is 0.800. The topological polar surface area (TPSA) is 175 Å². The minimum Gasteiger partial charge on any atom is -0.454 e. The number of nitrogens with one attached hydrogen (secondary N) is 1. The van der Waals surface area contributed by atoms with Crippen LogP contribution in [0, 0.1) is 0 Å². The van der Waals surface area contributed by atoms with Gasteiger partial charge >= 0.3 is 5.97 Å². The Bertz CT molecular complexity index is 1590. The number of amides is 1. The zero-order valence-corrected chi connectivity index (χ0v) is 52.1. The van der Waals surface area contributed by atoms with E-state index in [0.29, 0.717) is 19.3 Å². The van der Waals surface area contributed by atoms with Crippen molar-refractivity contribution >= 4 is 11.9 Å². The molecular formula is C70H125NO10. The molecule has 1 aliphatic heterocycles. The van der Waals surface area contributed by atoms with E-state index >= 15 is 0 Å². The summed E-state index contributed by atoms with van der Waals surface area (Å²) in [5.74, 6) is -1.25. The van der Waals surface area contributed by atoms with Crippen LogP contribution in [-0.4, -0.2) is 99.6 Å². The lowest BCUT2D eigenvalue weighted by atomic mass is 9.99. The van der Waals surface area contributed by atoms with Crippen LogP contribution in [0.3, 0.4) is 0 Å². The van der Waals surface area contributed by atoms with E-state index in [1.807, 2.05) is 12.2 Å². The van der Waals surface area contributed by atoms with Crippen molar-refractivity contribution in [1.82, 2.24) is 5.32 Å². The standard InChI is InChI=1S/C70H125NO10/c1-4-7-10-13-16-19-22-24-26-28-29-30-31-32-33-34-36-37-39-42-45-48-51-54-57-63(74)69(78)71-61(62(73)56-53-50-47-44-41-21-18-15-12-9-6-3)60-79-70-68(67(77)66(76)64(59-72)80-70)81-65(75)58-55-52-49-46-43-40-38-35-27-25-23-20-17-14-11-8-5-2/h17,20,24-27,38,40,46,49,53,56,61-64,66-68,70,72-74,76-77H,4-16,18-19,21-23,28-37,39,41-45,47-48,50-52,54-55,57-60H2,1-3H3,(H,71,78)/b20-17-,26-24+,27-25-,40-38-,49-46-,56-53+. The van der Waals surface area contributed by atoms with Crippen molar-refractivity contribution in [2.24, 2.45) is 0 Å². The van der Waals surface area contributed by atoms with E-state index in [-0.39, 0.29) is 19.4 Å². The molecule has 1 heterocycles. The highest BCUT2D eigenvalue weighted by Crippen LogP contribution is 2.26. The van der Waals surface area contributed by atoms with Gasteiger partial charge < -0.3 is 45.1 Å². The molecule has 1 amide bonds. The molecule has 8 unspecified atom stereocenters. The first-order valence-electron chi connectivity index (χ1n) is 33.7. The minimum absolute atomic E-state index is 0.0465. The summed E-state index contributed by atoms with van der Waals surface area (Å²) in [5.41, 5.74) is 0. The van der Waals surface area contributed by atoms with E-state index in [4.69, 9.17) is 14.2 Å². The molecule has 0 aliphatic carbocycles. The van der Waals surface area contributed by atoms with Gasteiger partial charge in [-0.2, -0.15) is 0 Å². The number of carbonyl (C=O) groups excluding carboxylic acids is 2. The summed E-state index contributed by atoms with van der Waals surface area (Å²) in [7, 11) is 0. The normalized spacial score (nSPS) is 19.1. The maximum Gasteiger partial charge on any atom is 0.306 e. The van der Waals surface area contributed by atoms with E-state index in [2.05, 4.69) is 80.8 Å². The molecular weight excluding hydrogens is 1010 g/mol. The maximum absolute atomic E-state index is 13.5. The number of unbranched alkanes of at least 4 members (excludes halogenated alkanes) is 33. The van der Waals surface area contributed by atoms with Crippen molar-refractivity contribution in [3.8, 4) is 0 Å². The summed E-state index contributed by atoms with van der Waals surface area (Å²) in [6, 6.07) is -1.04. The molecule has 6 N–H and O–H groups in total. The van der Waals surface area contributed by atoms with Gasteiger partial charge in [0.2, 0.25) is 5.91 Å². The summed E-state index contributed by atoms with van der Waals surface area (Å²) in [5, 5.41) is 57.0. The van der Waals surface area contributed by atoms with Crippen LogP contribution in [0.25, 0.3) is 0 Å². The van der Waals surface area contributed by atoms with Crippen molar-refractivity contribution in [2.75, 3.05) is 13.2 Å². The monoisotopic (exact) mass is 1140 g/mol. The number of hydrogen-bond acceptors (Lipinski definition) is 10. The van der Waals surface area contributed by atoms with Crippen molar-refractivity contribution in [1.29, 1.82) is 0 Å². The van der Waals surface area contributed by atoms with Gasteiger partial charge in [-0.05, 0) is 89.9 Å². The molecule has 81 heavy (non-hydrogen) atoms. The number of carbonyl (C=O) groups is 2. The molecule has 11 nitrogen and oxygen atoms in total. The van der Waals surface area contributed by atoms with Crippen molar-refractivity contribution in [2.45, 2.75) is 346 Å². The van der Waals surface area contributed by atoms with E-state index in [1.54, 1.807) is 6.08 Å². The van der Waals surface area contributed by atoms with Crippen LogP contribution < -0.4 is 5.32 Å². The van der Waals surface area contributed by atoms with Gasteiger partial charge in [0.1, 0.15) is 24.4 Å². The van der Waals surface area contributed by atoms with Crippen LogP contribution >= 0.6 is 0 Å². The first-order chi connectivity index (χ1) is 39.7. The van der Waals surface area contributed by atoms with E-state index < -0.39 is 67.4 Å². The lowest BCUT2D eigenvalue weighted by Crippen LogP contribution is -2.61. The minimum atomic E-state index is -1.64. The quantitative estimate of drug-likeness (QED) is 0.0195. The van der Waals surface area contributed by atoms with Crippen LogP contribution in [0.5, 0.6) is 0 Å². The Kier molecular flexibility index (Phi) is 54.1. The lowest BCUT2D eigenvalue weighted by Gasteiger charge is -2.41. The molecule has 0 aromatic heterocycles. The van der Waals surface area contributed by atoms with Crippen molar-refractivity contribution < 1.29 is 49.3 Å². The van der Waals surface area contributed by atoms with Gasteiger partial charge in [-0.15, -0.1) is 0 Å². The zero-order valence-electron chi connectivity index (χ0n) is 52.1. The van der Waals surface area contributed by atoms with Gasteiger partial charge in [0.05, 0.1) is 25.4 Å². The summed E-state index contributed by atoms with van der Waals surface area (Å²) in [4.78, 5) is 26.6. The molecule has 0 aromatic rings. The Morgan fingerprint density at radius 1 is 0.481 bits per heavy atom. The van der Waals surface area contributed by atoms with Crippen molar-refractivity contribution in [3.05, 3.63) is 72.9 Å². The molecule has 0 bridgehead atoms. The molecule has 8 atom stereocenters. The molecule has 0 aromatic carbocycles. The highest BCUT2D eigenvalue weighted by atomic mass is 16.7. The molecule has 0 saturated carbocycles. The molecule has 1 rings (SSSR count). The highest BCUT2D eigenvalue weighted by Gasteiger charge is 2.47. The summed E-state index contributed by atoms with van der Waals surface area (Å²) in [6.45, 7) is 5.74. The van der Waals surface area contributed by atoms with Crippen molar-refractivity contribution in [3.63, 3.8) is 0 Å². The fourth-order valence-electron chi connectivity index (χ4n) is 10.2. The van der Waals surface area contributed by atoms with Crippen LogP contribution in [0.1, 0.15) is 297 Å². The third kappa shape index (κ3) is 45.2. The van der Waals surface area contributed by atoms with E-state index in [0.717, 1.165) is 64.2 Å². The molecule has 470 valence electrons. The third-order valence-corrected chi connectivity index (χ3v) is 15.6. The average Bonchev–Trinajstić information content (AvgIpc) is 3.52. The first kappa shape index (κ1) is 76.1. The van der Waals surface area contributed by atoms with Crippen LogP contribution in [0.15, 0.2) is 72.9 Å². The summed E-state index contributed by atoms with van der Waals surface area (Å²) < 4.78 is 17.6. The van der Waals surface area contributed by atoms with Crippen LogP contribution in [0.2, 0.25) is 0 Å². The average molecular weight is 1140 g/mol. The number of hydrogen-bond donors (Lipinski definition) is 6. The van der Waals surface area contributed by atoms with Gasteiger partial charge in [0, 0.05) is 6.42 Å². The van der Waals surface area contributed by atoms with Gasteiger partial charge in [0.15, 0.2) is 12.4 Å². The Morgan fingerprint density at radius 2 is 0.852 bits per heavy atom. The summed E-state index contributed by atoms with van der Waals surface area (Å²) in [6.07, 6.45) is 63.9. The predicted octanol–water partition coefficient (Wildman–Crippen LogP) is 16.7. The third-order valence-electron chi connectivity index (χ3n) is 15.6. The SMILES string of the molecule is CCCCC/C=C\C/C=C\C/C=C\C/C=C\CCCC(=O)OC1C(OCC(NC(=O)C(O)CCCCCCCCCCCCCCCC/C=C/CCCCCCCC)C(O)/C=C/CCCCCCCCCCC)OC(CO)C(O)C1O. The number of rotatable bonds is 57. The van der Waals surface area contributed by atoms with Gasteiger partial charge in [-0.1, -0.05) is 273 Å². The Labute approximate surface area is 496 Å². The largest absolute Gasteiger partial charge is 0.454 e. The molecule has 1 fully saturated rings. The molecule has 1 saturated heterocycles. The predicted molar refractivity (Wildman–Crippen MR) is 338 cm³/mol. The number of esters is 1. The zero-order chi connectivity index (χ0) is 58.9. The Morgan fingerprint density at radius 3 is 1.31 bits per heavy atom. The van der Waals surface area contributed by atoms with E-state index in [1.165, 1.54) is 180 Å². The smallest absolute Gasteiger partial charge is 0.306 e. The molecule has 0 spiro atoms. The lowest BCUT2D eigenvalue weighted by molar-refractivity contribution is -0.305.